The SMILES string of the molecule is C/C=C/CNc1ccn(C[C@@H](CO)OCP(=O)(O)O)c(=O)n1. The molecule has 1 aromatic heterocycles. The molecule has 0 saturated carbocycles. The number of hydrogen-bond acceptors (Lipinski definition) is 6. The molecule has 9 nitrogen and oxygen atoms in total. The molecule has 22 heavy (non-hydrogen) atoms. The third-order valence-corrected chi connectivity index (χ3v) is 3.08. The van der Waals surface area contributed by atoms with E-state index in [2.05, 4.69) is 10.3 Å². The van der Waals surface area contributed by atoms with Crippen molar-refractivity contribution in [3.8, 4) is 0 Å². The lowest BCUT2D eigenvalue weighted by atomic mass is 10.3. The molecule has 0 radical (unpaired) electrons. The number of aliphatic hydroxyl groups is 1. The van der Waals surface area contributed by atoms with E-state index >= 15 is 0 Å². The van der Waals surface area contributed by atoms with Crippen molar-refractivity contribution in [2.45, 2.75) is 19.6 Å². The van der Waals surface area contributed by atoms with E-state index in [9.17, 15) is 9.36 Å². The summed E-state index contributed by atoms with van der Waals surface area (Å²) in [5.41, 5.74) is -0.552. The van der Waals surface area contributed by atoms with Gasteiger partial charge in [0.1, 0.15) is 12.2 Å². The van der Waals surface area contributed by atoms with Crippen LogP contribution in [0.15, 0.2) is 29.2 Å². The maximum absolute atomic E-state index is 11.8. The van der Waals surface area contributed by atoms with Crippen LogP contribution in [0.3, 0.4) is 0 Å². The summed E-state index contributed by atoms with van der Waals surface area (Å²) < 4.78 is 16.8. The van der Waals surface area contributed by atoms with E-state index < -0.39 is 32.3 Å². The largest absolute Gasteiger partial charge is 0.394 e. The van der Waals surface area contributed by atoms with E-state index in [4.69, 9.17) is 19.6 Å². The van der Waals surface area contributed by atoms with Crippen LogP contribution in [-0.4, -0.2) is 50.0 Å². The van der Waals surface area contributed by atoms with Gasteiger partial charge < -0.3 is 24.9 Å². The van der Waals surface area contributed by atoms with Crippen LogP contribution < -0.4 is 11.0 Å². The fourth-order valence-corrected chi connectivity index (χ4v) is 1.94. The highest BCUT2D eigenvalue weighted by atomic mass is 31.2. The van der Waals surface area contributed by atoms with Crippen LogP contribution in [0.4, 0.5) is 5.82 Å². The van der Waals surface area contributed by atoms with Crippen molar-refractivity contribution in [1.82, 2.24) is 9.55 Å². The van der Waals surface area contributed by atoms with Crippen LogP contribution in [0, 0.1) is 0 Å². The molecular formula is C12H20N3O6P. The van der Waals surface area contributed by atoms with Crippen LogP contribution in [0.25, 0.3) is 0 Å². The molecule has 124 valence electrons. The Labute approximate surface area is 127 Å². The molecule has 0 aliphatic carbocycles. The van der Waals surface area contributed by atoms with Gasteiger partial charge in [-0.3, -0.25) is 9.13 Å². The Kier molecular flexibility index (Phi) is 7.43. The molecule has 1 rings (SSSR count). The molecular weight excluding hydrogens is 313 g/mol. The first kappa shape index (κ1) is 18.5. The molecule has 1 aromatic rings. The summed E-state index contributed by atoms with van der Waals surface area (Å²) in [5, 5.41) is 12.1. The Hall–Kier alpha value is -1.51. The maximum atomic E-state index is 11.8. The van der Waals surface area contributed by atoms with Gasteiger partial charge in [-0.05, 0) is 13.0 Å². The second kappa shape index (κ2) is 8.82. The van der Waals surface area contributed by atoms with E-state index in [0.717, 1.165) is 0 Å². The minimum absolute atomic E-state index is 0.0581. The van der Waals surface area contributed by atoms with Gasteiger partial charge in [-0.2, -0.15) is 4.98 Å². The van der Waals surface area contributed by atoms with Gasteiger partial charge in [-0.15, -0.1) is 0 Å². The minimum atomic E-state index is -4.33. The number of nitrogens with zero attached hydrogens (tertiary/aromatic N) is 2. The van der Waals surface area contributed by atoms with Crippen LogP contribution in [0.2, 0.25) is 0 Å². The Morgan fingerprint density at radius 1 is 1.55 bits per heavy atom. The summed E-state index contributed by atoms with van der Waals surface area (Å²) in [6, 6.07) is 1.59. The van der Waals surface area contributed by atoms with E-state index in [0.29, 0.717) is 12.4 Å². The van der Waals surface area contributed by atoms with Crippen molar-refractivity contribution in [1.29, 1.82) is 0 Å². The molecule has 0 aliphatic heterocycles. The number of rotatable bonds is 9. The van der Waals surface area contributed by atoms with E-state index in [1.54, 1.807) is 6.07 Å². The average Bonchev–Trinajstić information content (AvgIpc) is 2.45. The quantitative estimate of drug-likeness (QED) is 0.359. The summed E-state index contributed by atoms with van der Waals surface area (Å²) >= 11 is 0. The highest BCUT2D eigenvalue weighted by Crippen LogP contribution is 2.34. The monoisotopic (exact) mass is 333 g/mol. The molecule has 1 atom stereocenters. The van der Waals surface area contributed by atoms with Gasteiger partial charge in [0, 0.05) is 12.7 Å². The third kappa shape index (κ3) is 6.97. The Morgan fingerprint density at radius 2 is 2.27 bits per heavy atom. The van der Waals surface area contributed by atoms with Crippen molar-refractivity contribution < 1.29 is 24.2 Å². The Morgan fingerprint density at radius 3 is 2.82 bits per heavy atom. The predicted octanol–water partition coefficient (Wildman–Crippen LogP) is -0.256. The lowest BCUT2D eigenvalue weighted by molar-refractivity contribution is 0.0188. The van der Waals surface area contributed by atoms with Crippen molar-refractivity contribution in [2.75, 3.05) is 24.8 Å². The van der Waals surface area contributed by atoms with Crippen LogP contribution in [0.1, 0.15) is 6.92 Å². The standard InChI is InChI=1S/C12H20N3O6P/c1-2-3-5-13-11-4-6-15(12(17)14-11)7-10(8-16)21-9-22(18,19)20/h2-4,6,10,16H,5,7-9H2,1H3,(H,13,14,17)(H2,18,19,20)/b3-2+/t10-/m0/s1. The topological polar surface area (TPSA) is 134 Å². The van der Waals surface area contributed by atoms with Crippen molar-refractivity contribution in [3.63, 3.8) is 0 Å². The second-order valence-electron chi connectivity index (χ2n) is 4.46. The zero-order valence-corrected chi connectivity index (χ0v) is 13.0. The summed E-state index contributed by atoms with van der Waals surface area (Å²) in [5.74, 6) is 0.413. The van der Waals surface area contributed by atoms with Crippen molar-refractivity contribution in [2.24, 2.45) is 0 Å². The van der Waals surface area contributed by atoms with Crippen molar-refractivity contribution in [3.05, 3.63) is 34.9 Å². The summed E-state index contributed by atoms with van der Waals surface area (Å²) in [7, 11) is -4.33. The molecule has 4 N–H and O–H groups in total. The first-order chi connectivity index (χ1) is 10.4. The maximum Gasteiger partial charge on any atom is 0.350 e. The van der Waals surface area contributed by atoms with E-state index in [1.165, 1.54) is 10.8 Å². The number of aromatic nitrogens is 2. The molecule has 0 spiro atoms. The van der Waals surface area contributed by atoms with Gasteiger partial charge in [0.2, 0.25) is 0 Å². The van der Waals surface area contributed by atoms with Crippen LogP contribution in [0.5, 0.6) is 0 Å². The molecule has 0 unspecified atom stereocenters. The van der Waals surface area contributed by atoms with Gasteiger partial charge in [0.15, 0.2) is 0 Å². The number of allylic oxidation sites excluding steroid dienone is 1. The highest BCUT2D eigenvalue weighted by Gasteiger charge is 2.18. The lowest BCUT2D eigenvalue weighted by Crippen LogP contribution is -2.32. The van der Waals surface area contributed by atoms with Gasteiger partial charge in [0.25, 0.3) is 0 Å². The van der Waals surface area contributed by atoms with E-state index in [1.807, 2.05) is 19.1 Å². The fourth-order valence-electron chi connectivity index (χ4n) is 1.53. The first-order valence-electron chi connectivity index (χ1n) is 6.55. The van der Waals surface area contributed by atoms with Crippen LogP contribution in [-0.2, 0) is 15.8 Å². The highest BCUT2D eigenvalue weighted by molar-refractivity contribution is 7.51. The predicted molar refractivity (Wildman–Crippen MR) is 80.7 cm³/mol. The van der Waals surface area contributed by atoms with Gasteiger partial charge >= 0.3 is 13.3 Å². The first-order valence-corrected chi connectivity index (χ1v) is 8.35. The molecule has 10 heteroatoms. The van der Waals surface area contributed by atoms with Gasteiger partial charge in [-0.25, -0.2) is 4.79 Å². The summed E-state index contributed by atoms with van der Waals surface area (Å²) in [4.78, 5) is 33.1. The molecule has 0 saturated heterocycles. The Bertz CT molecular complexity index is 597. The lowest BCUT2D eigenvalue weighted by Gasteiger charge is -2.17. The summed E-state index contributed by atoms with van der Waals surface area (Å²) in [6.07, 6.45) is 3.47. The minimum Gasteiger partial charge on any atom is -0.394 e. The number of nitrogens with one attached hydrogen (secondary N) is 1. The smallest absolute Gasteiger partial charge is 0.350 e. The van der Waals surface area contributed by atoms with Gasteiger partial charge in [-0.1, -0.05) is 12.2 Å². The van der Waals surface area contributed by atoms with Crippen LogP contribution >= 0.6 is 7.60 Å². The summed E-state index contributed by atoms with van der Waals surface area (Å²) in [6.45, 7) is 1.88. The number of aliphatic hydroxyl groups excluding tert-OH is 1. The number of anilines is 1. The average molecular weight is 333 g/mol. The van der Waals surface area contributed by atoms with E-state index in [-0.39, 0.29) is 6.54 Å². The number of ether oxygens (including phenoxy) is 1. The Balaban J connectivity index is 2.67. The molecule has 0 aromatic carbocycles. The third-order valence-electron chi connectivity index (χ3n) is 2.59. The molecule has 0 bridgehead atoms. The van der Waals surface area contributed by atoms with Gasteiger partial charge in [0.05, 0.1) is 19.3 Å². The number of hydrogen-bond donors (Lipinski definition) is 4. The zero-order valence-electron chi connectivity index (χ0n) is 12.1. The molecule has 0 fully saturated rings. The molecule has 0 aliphatic rings. The normalized spacial score (nSPS) is 13.5. The zero-order chi connectivity index (χ0) is 16.6. The van der Waals surface area contributed by atoms with Crippen molar-refractivity contribution >= 4 is 13.4 Å². The molecule has 1 heterocycles. The molecule has 0 amide bonds. The second-order valence-corrected chi connectivity index (χ2v) is 6.05. The fraction of sp³-hybridized carbons (Fsp3) is 0.500.